The molecule has 0 radical (unpaired) electrons. The lowest BCUT2D eigenvalue weighted by Gasteiger charge is -2.19. The van der Waals surface area contributed by atoms with Crippen molar-refractivity contribution in [3.8, 4) is 5.88 Å². The molecule has 0 spiro atoms. The zero-order chi connectivity index (χ0) is 25.7. The van der Waals surface area contributed by atoms with Crippen LogP contribution in [0.4, 0.5) is 14.6 Å². The predicted octanol–water partition coefficient (Wildman–Crippen LogP) is 3.16. The Morgan fingerprint density at radius 3 is 2.58 bits per heavy atom. The molecule has 0 aliphatic carbocycles. The Labute approximate surface area is 205 Å². The molecule has 10 heteroatoms. The van der Waals surface area contributed by atoms with E-state index in [0.29, 0.717) is 11.4 Å². The number of hydrogen-bond acceptors (Lipinski definition) is 6. The molecule has 2 aromatic carbocycles. The predicted molar refractivity (Wildman–Crippen MR) is 130 cm³/mol. The second kappa shape index (κ2) is 10.8. The number of anilines is 1. The molecule has 1 atom stereocenters. The lowest BCUT2D eigenvalue weighted by atomic mass is 10.0. The molecule has 2 aromatic heterocycles. The van der Waals surface area contributed by atoms with E-state index in [1.807, 2.05) is 24.3 Å². The molecule has 0 fully saturated rings. The van der Waals surface area contributed by atoms with Gasteiger partial charge in [-0.1, -0.05) is 18.2 Å². The fraction of sp³-hybridized carbons (Fsp3) is 0.154. The second-order valence-electron chi connectivity index (χ2n) is 8.01. The van der Waals surface area contributed by atoms with E-state index >= 15 is 0 Å². The summed E-state index contributed by atoms with van der Waals surface area (Å²) in [5.74, 6) is -2.66. The van der Waals surface area contributed by atoms with Gasteiger partial charge in [0.15, 0.2) is 11.6 Å². The molecule has 4 N–H and O–H groups in total. The Hall–Kier alpha value is -4.60. The average Bonchev–Trinajstić information content (AvgIpc) is 2.89. The van der Waals surface area contributed by atoms with Crippen molar-refractivity contribution < 1.29 is 23.1 Å². The molecular weight excluding hydrogens is 468 g/mol. The Morgan fingerprint density at radius 2 is 1.81 bits per heavy atom. The first-order valence-electron chi connectivity index (χ1n) is 11.0. The fourth-order valence-corrected chi connectivity index (χ4v) is 3.75. The summed E-state index contributed by atoms with van der Waals surface area (Å²) < 4.78 is 32.3. The highest BCUT2D eigenvalue weighted by Crippen LogP contribution is 2.20. The number of aromatic nitrogens is 2. The van der Waals surface area contributed by atoms with Crippen LogP contribution in [-0.2, 0) is 17.8 Å². The molecule has 8 nitrogen and oxygen atoms in total. The molecule has 4 rings (SSSR count). The molecule has 4 aromatic rings. The van der Waals surface area contributed by atoms with E-state index in [-0.39, 0.29) is 24.4 Å². The number of rotatable bonds is 8. The van der Waals surface area contributed by atoms with E-state index in [0.717, 1.165) is 28.5 Å². The second-order valence-corrected chi connectivity index (χ2v) is 8.01. The molecular formula is C26H23F2N5O3. The molecule has 2 heterocycles. The molecule has 0 bridgehead atoms. The first-order valence-corrected chi connectivity index (χ1v) is 11.0. The van der Waals surface area contributed by atoms with Gasteiger partial charge in [-0.05, 0) is 52.9 Å². The van der Waals surface area contributed by atoms with Crippen LogP contribution in [0.5, 0.6) is 5.88 Å². The highest BCUT2D eigenvalue weighted by molar-refractivity contribution is 5.99. The van der Waals surface area contributed by atoms with Crippen LogP contribution in [0.3, 0.4) is 0 Å². The highest BCUT2D eigenvalue weighted by atomic mass is 19.2. The van der Waals surface area contributed by atoms with E-state index in [4.69, 9.17) is 10.5 Å². The van der Waals surface area contributed by atoms with Crippen molar-refractivity contribution in [2.75, 3.05) is 12.8 Å². The maximum atomic E-state index is 13.8. The number of pyridine rings is 2. The third-order valence-corrected chi connectivity index (χ3v) is 5.58. The Morgan fingerprint density at radius 1 is 1.00 bits per heavy atom. The molecule has 0 saturated heterocycles. The topological polar surface area (TPSA) is 119 Å². The number of methoxy groups -OCH3 is 1. The lowest BCUT2D eigenvalue weighted by molar-refractivity contribution is -0.123. The molecule has 2 amide bonds. The fourth-order valence-electron chi connectivity index (χ4n) is 3.75. The number of nitrogens with zero attached hydrogens (tertiary/aromatic N) is 2. The molecule has 184 valence electrons. The van der Waals surface area contributed by atoms with Crippen LogP contribution >= 0.6 is 0 Å². The van der Waals surface area contributed by atoms with Crippen LogP contribution in [0.25, 0.3) is 10.8 Å². The summed E-state index contributed by atoms with van der Waals surface area (Å²) in [5.41, 5.74) is 7.15. The van der Waals surface area contributed by atoms with Crippen LogP contribution in [0.1, 0.15) is 21.5 Å². The van der Waals surface area contributed by atoms with Gasteiger partial charge in [0.1, 0.15) is 17.4 Å². The normalized spacial score (nSPS) is 11.6. The minimum Gasteiger partial charge on any atom is -0.480 e. The number of hydrogen-bond donors (Lipinski definition) is 3. The van der Waals surface area contributed by atoms with E-state index in [9.17, 15) is 18.4 Å². The minimum atomic E-state index is -1.09. The Bertz CT molecular complexity index is 1430. The largest absolute Gasteiger partial charge is 0.480 e. The molecule has 0 saturated carbocycles. The molecule has 36 heavy (non-hydrogen) atoms. The number of nitrogens with two attached hydrogens (primary N) is 1. The van der Waals surface area contributed by atoms with Crippen LogP contribution in [-0.4, -0.2) is 34.9 Å². The van der Waals surface area contributed by atoms with Crippen molar-refractivity contribution >= 4 is 28.4 Å². The standard InChI is InChI=1S/C26H23F2N5O3/c1-36-26-19(3-2-9-31-26)24(34)33-22(13-15-5-7-20(27)21(28)12-15)25(35)32-14-16-4-6-18-17(11-16)8-10-30-23(18)29/h2-12,22H,13-14H2,1H3,(H2,29,30)(H,32,35)(H,33,34)/t22-/m0/s1. The highest BCUT2D eigenvalue weighted by Gasteiger charge is 2.24. The maximum absolute atomic E-state index is 13.8. The third kappa shape index (κ3) is 5.54. The number of nitrogen functional groups attached to an aromatic ring is 1. The Balaban J connectivity index is 1.54. The van der Waals surface area contributed by atoms with Crippen molar-refractivity contribution in [1.29, 1.82) is 0 Å². The first kappa shape index (κ1) is 24.5. The summed E-state index contributed by atoms with van der Waals surface area (Å²) in [4.78, 5) is 34.1. The zero-order valence-corrected chi connectivity index (χ0v) is 19.3. The van der Waals surface area contributed by atoms with Gasteiger partial charge >= 0.3 is 0 Å². The monoisotopic (exact) mass is 491 g/mol. The number of benzene rings is 2. The SMILES string of the molecule is COc1ncccc1C(=O)N[C@@H](Cc1ccc(F)c(F)c1)C(=O)NCc1ccc2c(N)nccc2c1. The van der Waals surface area contributed by atoms with Crippen molar-refractivity contribution in [3.05, 3.63) is 95.3 Å². The van der Waals surface area contributed by atoms with E-state index in [1.165, 1.54) is 25.4 Å². The summed E-state index contributed by atoms with van der Waals surface area (Å²) in [6.07, 6.45) is 2.99. The quantitative estimate of drug-likeness (QED) is 0.348. The number of ether oxygens (including phenoxy) is 1. The van der Waals surface area contributed by atoms with Crippen LogP contribution < -0.4 is 21.1 Å². The van der Waals surface area contributed by atoms with Gasteiger partial charge in [-0.2, -0.15) is 0 Å². The van der Waals surface area contributed by atoms with E-state index < -0.39 is 29.5 Å². The van der Waals surface area contributed by atoms with E-state index in [1.54, 1.807) is 12.3 Å². The summed E-state index contributed by atoms with van der Waals surface area (Å²) in [7, 11) is 1.37. The number of halogens is 2. The number of amides is 2. The Kier molecular flexibility index (Phi) is 7.33. The number of nitrogens with one attached hydrogen (secondary N) is 2. The number of carbonyl (C=O) groups excluding carboxylic acids is 2. The molecule has 0 unspecified atom stereocenters. The first-order chi connectivity index (χ1) is 17.4. The van der Waals surface area contributed by atoms with Gasteiger partial charge in [0, 0.05) is 30.7 Å². The summed E-state index contributed by atoms with van der Waals surface area (Å²) in [6, 6.07) is 12.6. The molecule has 0 aliphatic rings. The third-order valence-electron chi connectivity index (χ3n) is 5.58. The summed E-state index contributed by atoms with van der Waals surface area (Å²) >= 11 is 0. The van der Waals surface area contributed by atoms with Crippen molar-refractivity contribution in [3.63, 3.8) is 0 Å². The van der Waals surface area contributed by atoms with Gasteiger partial charge in [0.05, 0.1) is 7.11 Å². The smallest absolute Gasteiger partial charge is 0.257 e. The summed E-state index contributed by atoms with van der Waals surface area (Å²) in [6.45, 7) is 0.164. The van der Waals surface area contributed by atoms with Crippen molar-refractivity contribution in [2.24, 2.45) is 0 Å². The summed E-state index contributed by atoms with van der Waals surface area (Å²) in [5, 5.41) is 7.10. The zero-order valence-electron chi connectivity index (χ0n) is 19.3. The average molecular weight is 491 g/mol. The van der Waals surface area contributed by atoms with Crippen LogP contribution in [0, 0.1) is 11.6 Å². The van der Waals surface area contributed by atoms with Crippen molar-refractivity contribution in [2.45, 2.75) is 19.0 Å². The van der Waals surface area contributed by atoms with Gasteiger partial charge in [0.25, 0.3) is 5.91 Å². The van der Waals surface area contributed by atoms with Gasteiger partial charge < -0.3 is 21.1 Å². The van der Waals surface area contributed by atoms with Crippen LogP contribution in [0.2, 0.25) is 0 Å². The maximum Gasteiger partial charge on any atom is 0.257 e. The van der Waals surface area contributed by atoms with Gasteiger partial charge in [-0.15, -0.1) is 0 Å². The molecule has 0 aliphatic heterocycles. The van der Waals surface area contributed by atoms with Gasteiger partial charge in [-0.3, -0.25) is 9.59 Å². The van der Waals surface area contributed by atoms with Gasteiger partial charge in [0.2, 0.25) is 11.8 Å². The number of fused-ring (bicyclic) bond motifs is 1. The van der Waals surface area contributed by atoms with Gasteiger partial charge in [-0.25, -0.2) is 18.7 Å². The van der Waals surface area contributed by atoms with E-state index in [2.05, 4.69) is 20.6 Å². The lowest BCUT2D eigenvalue weighted by Crippen LogP contribution is -2.48. The van der Waals surface area contributed by atoms with Crippen molar-refractivity contribution in [1.82, 2.24) is 20.6 Å². The minimum absolute atomic E-state index is 0.0721. The van der Waals surface area contributed by atoms with Crippen LogP contribution in [0.15, 0.2) is 67.0 Å². The number of carbonyl (C=O) groups is 2.